The first-order chi connectivity index (χ1) is 8.92. The van der Waals surface area contributed by atoms with Gasteiger partial charge >= 0.3 is 0 Å². The maximum absolute atomic E-state index is 13.2. The number of hydrogen-bond acceptors (Lipinski definition) is 5. The molecule has 0 fully saturated rings. The lowest BCUT2D eigenvalue weighted by Crippen LogP contribution is -2.12. The largest absolute Gasteiger partial charge is 0.491 e. The fourth-order valence-corrected chi connectivity index (χ4v) is 1.66. The van der Waals surface area contributed by atoms with E-state index in [1.807, 2.05) is 0 Å². The van der Waals surface area contributed by atoms with Crippen LogP contribution in [0.5, 0.6) is 5.75 Å². The topological polar surface area (TPSA) is 76.4 Å². The second-order valence-corrected chi connectivity index (χ2v) is 6.35. The van der Waals surface area contributed by atoms with Crippen molar-refractivity contribution in [3.63, 3.8) is 0 Å². The Morgan fingerprint density at radius 3 is 2.63 bits per heavy atom. The average molecular weight is 308 g/mol. The van der Waals surface area contributed by atoms with Gasteiger partial charge in [0, 0.05) is 16.7 Å². The first-order valence-electron chi connectivity index (χ1n) is 5.25. The number of hydrogen-bond donors (Lipinski definition) is 0. The summed E-state index contributed by atoms with van der Waals surface area (Å²) in [5.41, 5.74) is -0.0593. The molecule has 0 radical (unpaired) electrons. The van der Waals surface area contributed by atoms with E-state index in [0.717, 1.165) is 6.07 Å². The fraction of sp³-hybridized carbons (Fsp3) is 0.364. The molecule has 19 heavy (non-hydrogen) atoms. The Hall–Kier alpha value is -1.36. The van der Waals surface area contributed by atoms with Crippen LogP contribution in [-0.4, -0.2) is 34.0 Å². The molecule has 0 heterocycles. The number of rotatable bonds is 7. The van der Waals surface area contributed by atoms with E-state index in [1.165, 1.54) is 12.1 Å². The monoisotopic (exact) mass is 307 g/mol. The van der Waals surface area contributed by atoms with E-state index in [9.17, 15) is 12.8 Å². The Bertz CT molecular complexity index is 571. The van der Waals surface area contributed by atoms with Gasteiger partial charge in [-0.05, 0) is 12.1 Å². The average Bonchev–Trinajstić information content (AvgIpc) is 2.32. The quantitative estimate of drug-likeness (QED) is 0.565. The Balaban J connectivity index is 2.27. The Morgan fingerprint density at radius 1 is 1.32 bits per heavy atom. The lowest BCUT2D eigenvalue weighted by molar-refractivity contribution is 0.111. The molecule has 5 nitrogen and oxygen atoms in total. The van der Waals surface area contributed by atoms with Crippen molar-refractivity contribution in [3.05, 3.63) is 29.6 Å². The number of nitriles is 1. The maximum Gasteiger partial charge on any atom is 0.234 e. The zero-order valence-corrected chi connectivity index (χ0v) is 11.4. The third kappa shape index (κ3) is 6.38. The number of benzene rings is 1. The molecule has 0 spiro atoms. The Kier molecular flexibility index (Phi) is 6.02. The highest BCUT2D eigenvalue weighted by atomic mass is 35.7. The molecule has 0 bridgehead atoms. The summed E-state index contributed by atoms with van der Waals surface area (Å²) >= 11 is 0. The molecular weight excluding hydrogens is 297 g/mol. The van der Waals surface area contributed by atoms with E-state index in [1.54, 1.807) is 6.07 Å². The van der Waals surface area contributed by atoms with Crippen molar-refractivity contribution in [2.75, 3.05) is 25.6 Å². The zero-order valence-electron chi connectivity index (χ0n) is 9.80. The molecule has 0 unspecified atom stereocenters. The Labute approximate surface area is 114 Å². The lowest BCUT2D eigenvalue weighted by Gasteiger charge is -2.07. The molecule has 8 heteroatoms. The molecule has 0 aromatic heterocycles. The van der Waals surface area contributed by atoms with Gasteiger partial charge in [0.15, 0.2) is 0 Å². The molecule has 0 N–H and O–H groups in total. The van der Waals surface area contributed by atoms with Gasteiger partial charge in [0.2, 0.25) is 9.05 Å². The highest BCUT2D eigenvalue weighted by Crippen LogP contribution is 2.15. The molecule has 0 atom stereocenters. The van der Waals surface area contributed by atoms with Crippen molar-refractivity contribution < 1.29 is 22.3 Å². The van der Waals surface area contributed by atoms with E-state index in [4.69, 9.17) is 25.4 Å². The van der Waals surface area contributed by atoms with Gasteiger partial charge in [-0.3, -0.25) is 0 Å². The van der Waals surface area contributed by atoms with E-state index in [2.05, 4.69) is 0 Å². The summed E-state index contributed by atoms with van der Waals surface area (Å²) in [5, 5.41) is 8.54. The van der Waals surface area contributed by atoms with Crippen LogP contribution in [0.15, 0.2) is 18.2 Å². The molecule has 0 aliphatic heterocycles. The van der Waals surface area contributed by atoms with Gasteiger partial charge in [-0.25, -0.2) is 12.8 Å². The minimum Gasteiger partial charge on any atom is -0.491 e. The molecule has 0 aliphatic rings. The van der Waals surface area contributed by atoms with Gasteiger partial charge in [-0.15, -0.1) is 0 Å². The van der Waals surface area contributed by atoms with Crippen LogP contribution in [0.3, 0.4) is 0 Å². The molecule has 0 saturated carbocycles. The van der Waals surface area contributed by atoms with Gasteiger partial charge in [0.25, 0.3) is 0 Å². The zero-order chi connectivity index (χ0) is 14.3. The smallest absolute Gasteiger partial charge is 0.234 e. The van der Waals surface area contributed by atoms with Gasteiger partial charge in [-0.2, -0.15) is 5.26 Å². The van der Waals surface area contributed by atoms with Gasteiger partial charge in [-0.1, -0.05) is 0 Å². The molecule has 0 aliphatic carbocycles. The molecule has 0 saturated heterocycles. The van der Waals surface area contributed by atoms with Crippen molar-refractivity contribution in [2.24, 2.45) is 0 Å². The van der Waals surface area contributed by atoms with E-state index in [0.29, 0.717) is 0 Å². The van der Waals surface area contributed by atoms with Crippen molar-refractivity contribution in [2.45, 2.75) is 0 Å². The Morgan fingerprint density at radius 2 is 2.05 bits per heavy atom. The van der Waals surface area contributed by atoms with E-state index < -0.39 is 14.9 Å². The summed E-state index contributed by atoms with van der Waals surface area (Å²) in [6, 6.07) is 5.57. The van der Waals surface area contributed by atoms with Crippen molar-refractivity contribution in [1.29, 1.82) is 5.26 Å². The summed E-state index contributed by atoms with van der Waals surface area (Å²) in [6.45, 7) is 0.249. The predicted octanol–water partition coefficient (Wildman–Crippen LogP) is 1.66. The van der Waals surface area contributed by atoms with Gasteiger partial charge < -0.3 is 9.47 Å². The van der Waals surface area contributed by atoms with Crippen LogP contribution < -0.4 is 4.74 Å². The molecule has 1 aromatic carbocycles. The van der Waals surface area contributed by atoms with E-state index >= 15 is 0 Å². The second-order valence-electron chi connectivity index (χ2n) is 3.46. The van der Waals surface area contributed by atoms with Crippen LogP contribution in [-0.2, 0) is 13.8 Å². The van der Waals surface area contributed by atoms with Crippen LogP contribution in [0.1, 0.15) is 5.56 Å². The summed E-state index contributed by atoms with van der Waals surface area (Å²) < 4.78 is 44.5. The van der Waals surface area contributed by atoms with Crippen LogP contribution in [0.2, 0.25) is 0 Å². The molecule has 1 aromatic rings. The predicted molar refractivity (Wildman–Crippen MR) is 67.1 cm³/mol. The summed E-state index contributed by atoms with van der Waals surface area (Å²) in [6.07, 6.45) is 0. The molecule has 104 valence electrons. The molecule has 1 rings (SSSR count). The van der Waals surface area contributed by atoms with Gasteiger partial charge in [0.05, 0.1) is 24.5 Å². The molecule has 0 amide bonds. The summed E-state index contributed by atoms with van der Waals surface area (Å²) in [4.78, 5) is 0. The number of halogens is 2. The van der Waals surface area contributed by atoms with Crippen LogP contribution in [0.4, 0.5) is 4.39 Å². The minimum atomic E-state index is -3.55. The highest BCUT2D eigenvalue weighted by Gasteiger charge is 2.05. The van der Waals surface area contributed by atoms with Gasteiger partial charge in [0.1, 0.15) is 24.2 Å². The van der Waals surface area contributed by atoms with Crippen LogP contribution in [0.25, 0.3) is 0 Å². The molecular formula is C11H11ClFNO4S. The third-order valence-corrected chi connectivity index (χ3v) is 3.15. The van der Waals surface area contributed by atoms with Crippen molar-refractivity contribution in [3.8, 4) is 11.8 Å². The maximum atomic E-state index is 13.2. The minimum absolute atomic E-state index is 0.0308. The third-order valence-electron chi connectivity index (χ3n) is 2.03. The number of nitrogens with zero attached hydrogens (tertiary/aromatic N) is 1. The van der Waals surface area contributed by atoms with Crippen LogP contribution in [0, 0.1) is 17.1 Å². The highest BCUT2D eigenvalue weighted by molar-refractivity contribution is 8.13. The standard InChI is InChI=1S/C11H11ClFNO4S/c12-19(15,16)6-5-17-3-4-18-10-2-1-9(8-14)11(13)7-10/h1-2,7H,3-6H2. The number of ether oxygens (including phenoxy) is 2. The lowest BCUT2D eigenvalue weighted by atomic mass is 10.2. The van der Waals surface area contributed by atoms with Crippen molar-refractivity contribution in [1.82, 2.24) is 0 Å². The summed E-state index contributed by atoms with van der Waals surface area (Å²) in [7, 11) is 1.43. The van der Waals surface area contributed by atoms with Crippen molar-refractivity contribution >= 4 is 19.7 Å². The first kappa shape index (κ1) is 15.7. The fourth-order valence-electron chi connectivity index (χ4n) is 1.16. The second kappa shape index (κ2) is 7.28. The van der Waals surface area contributed by atoms with E-state index in [-0.39, 0.29) is 36.9 Å². The SMILES string of the molecule is N#Cc1ccc(OCCOCCS(=O)(=O)Cl)cc1F. The summed E-state index contributed by atoms with van der Waals surface area (Å²) in [5.74, 6) is -0.667. The normalized spacial score (nSPS) is 11.0. The first-order valence-corrected chi connectivity index (χ1v) is 7.73. The van der Waals surface area contributed by atoms with Crippen LogP contribution >= 0.6 is 10.7 Å².